The summed E-state index contributed by atoms with van der Waals surface area (Å²) >= 11 is 8.93. The van der Waals surface area contributed by atoms with Crippen LogP contribution in [0.1, 0.15) is 26.4 Å². The Morgan fingerprint density at radius 2 is 1.91 bits per heavy atom. The molecule has 12 heteroatoms. The van der Waals surface area contributed by atoms with Crippen molar-refractivity contribution in [2.45, 2.75) is 24.0 Å². The number of rotatable bonds is 3. The minimum atomic E-state index is -4.65. The number of carbonyl (C=O) groups is 1. The number of nitrogens with one attached hydrogen (secondary N) is 1. The van der Waals surface area contributed by atoms with Crippen molar-refractivity contribution in [3.8, 4) is 10.6 Å². The molecular formula is C23H21ClF3N5OS2. The summed E-state index contributed by atoms with van der Waals surface area (Å²) in [7, 11) is 3.87. The van der Waals surface area contributed by atoms with Crippen LogP contribution in [0.4, 0.5) is 24.8 Å². The number of nitrogens with zero attached hydrogens (tertiary/aromatic N) is 4. The van der Waals surface area contributed by atoms with Gasteiger partial charge in [0.1, 0.15) is 5.56 Å². The van der Waals surface area contributed by atoms with Gasteiger partial charge >= 0.3 is 6.18 Å². The van der Waals surface area contributed by atoms with Crippen LogP contribution in [0.25, 0.3) is 10.6 Å². The van der Waals surface area contributed by atoms with Gasteiger partial charge in [-0.05, 0) is 49.8 Å². The van der Waals surface area contributed by atoms with E-state index in [1.807, 2.05) is 31.1 Å². The van der Waals surface area contributed by atoms with Crippen molar-refractivity contribution in [1.29, 1.82) is 0 Å². The van der Waals surface area contributed by atoms with Crippen LogP contribution in [0, 0.1) is 0 Å². The van der Waals surface area contributed by atoms with Gasteiger partial charge in [0.05, 0.1) is 32.7 Å². The highest BCUT2D eigenvalue weighted by atomic mass is 35.5. The number of hydrogen-bond acceptors (Lipinski definition) is 8. The molecule has 5 rings (SSSR count). The second kappa shape index (κ2) is 9.36. The van der Waals surface area contributed by atoms with E-state index in [2.05, 4.69) is 20.2 Å². The molecule has 4 heterocycles. The van der Waals surface area contributed by atoms with Gasteiger partial charge < -0.3 is 10.2 Å². The summed E-state index contributed by atoms with van der Waals surface area (Å²) in [5.41, 5.74) is 1.58. The molecule has 3 aromatic rings. The summed E-state index contributed by atoms with van der Waals surface area (Å²) < 4.78 is 41.6. The Balaban J connectivity index is 1.53. The fraction of sp³-hybridized carbons (Fsp3) is 0.348. The molecule has 2 aliphatic heterocycles. The van der Waals surface area contributed by atoms with Crippen molar-refractivity contribution in [2.75, 3.05) is 38.4 Å². The lowest BCUT2D eigenvalue weighted by Crippen LogP contribution is -2.26. The van der Waals surface area contributed by atoms with Crippen molar-refractivity contribution < 1.29 is 18.0 Å². The van der Waals surface area contributed by atoms with Crippen molar-refractivity contribution in [1.82, 2.24) is 19.8 Å². The van der Waals surface area contributed by atoms with Gasteiger partial charge in [0.2, 0.25) is 5.95 Å². The number of alkyl halides is 3. The number of halogens is 4. The molecule has 1 N–H and O–H groups in total. The summed E-state index contributed by atoms with van der Waals surface area (Å²) in [6, 6.07) is 5.39. The van der Waals surface area contributed by atoms with Crippen molar-refractivity contribution in [3.05, 3.63) is 51.0 Å². The van der Waals surface area contributed by atoms with Crippen LogP contribution >= 0.6 is 34.7 Å². The highest BCUT2D eigenvalue weighted by Gasteiger charge is 2.36. The lowest BCUT2D eigenvalue weighted by molar-refractivity contribution is -0.137. The van der Waals surface area contributed by atoms with E-state index in [4.69, 9.17) is 11.6 Å². The Hall–Kier alpha value is -2.18. The third-order valence-electron chi connectivity index (χ3n) is 5.87. The smallest absolute Gasteiger partial charge is 0.323 e. The van der Waals surface area contributed by atoms with E-state index in [1.54, 1.807) is 6.07 Å². The first-order valence-corrected chi connectivity index (χ1v) is 13.0. The van der Waals surface area contributed by atoms with Crippen LogP contribution in [-0.2, 0) is 19.1 Å². The summed E-state index contributed by atoms with van der Waals surface area (Å²) in [6.45, 7) is 1.91. The Morgan fingerprint density at radius 3 is 2.69 bits per heavy atom. The number of thioether (sulfide) groups is 1. The number of carbonyl (C=O) groups excluding carboxylic acids is 1. The van der Waals surface area contributed by atoms with E-state index in [-0.39, 0.29) is 28.8 Å². The number of Topliss-reactive ketones (excluding diaryl/α,β-unsaturated/α-hetero) is 1. The van der Waals surface area contributed by atoms with Crippen LogP contribution in [0.2, 0.25) is 5.02 Å². The number of anilines is 2. The van der Waals surface area contributed by atoms with Crippen LogP contribution in [0.15, 0.2) is 29.3 Å². The highest BCUT2D eigenvalue weighted by molar-refractivity contribution is 7.99. The standard InChI is InChI=1S/C23H21ClF3N5OS2/c1-31-4-3-12-6-16(15(24)5-13(12)9-31)29-22-28-8-14(23(25,26)27)20(30-22)18-7-19-21(35-18)17(33)10-32(2)11-34-19/h5-8H,3-4,9-11H2,1-2H3,(H,28,29,30). The highest BCUT2D eigenvalue weighted by Crippen LogP contribution is 2.43. The van der Waals surface area contributed by atoms with Gasteiger partial charge in [0, 0.05) is 30.1 Å². The fourth-order valence-corrected chi connectivity index (χ4v) is 6.60. The zero-order chi connectivity index (χ0) is 24.9. The second-order valence-corrected chi connectivity index (χ2v) is 11.1. The zero-order valence-electron chi connectivity index (χ0n) is 18.9. The zero-order valence-corrected chi connectivity index (χ0v) is 21.3. The molecule has 0 spiro atoms. The molecule has 6 nitrogen and oxygen atoms in total. The molecule has 2 aromatic heterocycles. The molecule has 0 atom stereocenters. The van der Waals surface area contributed by atoms with E-state index in [0.29, 0.717) is 26.4 Å². The number of likely N-dealkylation sites (N-methyl/N-ethyl adjacent to an activating group) is 2. The van der Waals surface area contributed by atoms with Crippen LogP contribution in [-0.4, -0.2) is 58.6 Å². The number of hydrogen-bond donors (Lipinski definition) is 1. The molecule has 0 saturated heterocycles. The molecule has 0 aliphatic carbocycles. The Bertz CT molecular complexity index is 1310. The van der Waals surface area contributed by atoms with Gasteiger partial charge in [-0.2, -0.15) is 13.2 Å². The molecule has 2 aliphatic rings. The second-order valence-electron chi connectivity index (χ2n) is 8.68. The molecule has 0 unspecified atom stereocenters. The Labute approximate surface area is 213 Å². The maximum Gasteiger partial charge on any atom is 0.420 e. The number of fused-ring (bicyclic) bond motifs is 2. The van der Waals surface area contributed by atoms with E-state index in [0.717, 1.165) is 48.2 Å². The number of benzene rings is 1. The van der Waals surface area contributed by atoms with E-state index >= 15 is 0 Å². The Kier molecular flexibility index (Phi) is 6.56. The van der Waals surface area contributed by atoms with Gasteiger partial charge in [-0.3, -0.25) is 9.69 Å². The summed E-state index contributed by atoms with van der Waals surface area (Å²) in [4.78, 5) is 26.2. The molecule has 35 heavy (non-hydrogen) atoms. The number of aromatic nitrogens is 2. The number of ketones is 1. The molecule has 0 bridgehead atoms. The van der Waals surface area contributed by atoms with Crippen molar-refractivity contribution >= 4 is 52.1 Å². The quantitative estimate of drug-likeness (QED) is 0.452. The maximum atomic E-state index is 13.9. The van der Waals surface area contributed by atoms with Crippen molar-refractivity contribution in [3.63, 3.8) is 0 Å². The molecule has 1 aromatic carbocycles. The molecule has 0 radical (unpaired) electrons. The van der Waals surface area contributed by atoms with E-state index in [9.17, 15) is 18.0 Å². The average Bonchev–Trinajstić information content (AvgIpc) is 3.17. The molecule has 0 saturated carbocycles. The summed E-state index contributed by atoms with van der Waals surface area (Å²) in [5.74, 6) is 0.464. The van der Waals surface area contributed by atoms with Gasteiger partial charge in [-0.25, -0.2) is 9.97 Å². The van der Waals surface area contributed by atoms with Gasteiger partial charge in [0.15, 0.2) is 5.78 Å². The monoisotopic (exact) mass is 539 g/mol. The third kappa shape index (κ3) is 5.05. The minimum absolute atomic E-state index is 0.00471. The van der Waals surface area contributed by atoms with E-state index in [1.165, 1.54) is 11.8 Å². The van der Waals surface area contributed by atoms with Gasteiger partial charge in [-0.1, -0.05) is 11.6 Å². The molecule has 0 fully saturated rings. The molecular weight excluding hydrogens is 519 g/mol. The first-order valence-electron chi connectivity index (χ1n) is 10.8. The number of thiophene rings is 1. The predicted molar refractivity (Wildman–Crippen MR) is 133 cm³/mol. The first-order chi connectivity index (χ1) is 16.6. The lowest BCUT2D eigenvalue weighted by atomic mass is 9.99. The maximum absolute atomic E-state index is 13.9. The normalized spacial score (nSPS) is 17.1. The van der Waals surface area contributed by atoms with Crippen LogP contribution in [0.5, 0.6) is 0 Å². The largest absolute Gasteiger partial charge is 0.420 e. The predicted octanol–water partition coefficient (Wildman–Crippen LogP) is 5.79. The lowest BCUT2D eigenvalue weighted by Gasteiger charge is -2.26. The van der Waals surface area contributed by atoms with Crippen LogP contribution in [0.3, 0.4) is 0 Å². The summed E-state index contributed by atoms with van der Waals surface area (Å²) in [5, 5.41) is 3.44. The SMILES string of the molecule is CN1CSc2cc(-c3nc(Nc4cc5c(cc4Cl)CN(C)CC5)ncc3C(F)(F)F)sc2C(=O)C1. The first kappa shape index (κ1) is 24.5. The Morgan fingerprint density at radius 1 is 1.11 bits per heavy atom. The van der Waals surface area contributed by atoms with E-state index < -0.39 is 11.7 Å². The van der Waals surface area contributed by atoms with Gasteiger partial charge in [-0.15, -0.1) is 23.1 Å². The third-order valence-corrected chi connectivity index (χ3v) is 8.70. The van der Waals surface area contributed by atoms with Crippen molar-refractivity contribution in [2.24, 2.45) is 0 Å². The molecule has 184 valence electrons. The minimum Gasteiger partial charge on any atom is -0.323 e. The topological polar surface area (TPSA) is 61.4 Å². The van der Waals surface area contributed by atoms with Gasteiger partial charge in [0.25, 0.3) is 0 Å². The average molecular weight is 540 g/mol. The molecule has 0 amide bonds. The fourth-order valence-electron chi connectivity index (χ4n) is 4.11. The summed E-state index contributed by atoms with van der Waals surface area (Å²) in [6.07, 6.45) is -3.03. The van der Waals surface area contributed by atoms with Crippen LogP contribution < -0.4 is 5.32 Å².